The minimum atomic E-state index is 1.23. The van der Waals surface area contributed by atoms with Gasteiger partial charge in [0.25, 0.3) is 0 Å². The summed E-state index contributed by atoms with van der Waals surface area (Å²) in [6, 6.07) is 10.3. The number of anilines is 1. The van der Waals surface area contributed by atoms with E-state index in [9.17, 15) is 0 Å². The van der Waals surface area contributed by atoms with Crippen molar-refractivity contribution in [3.8, 4) is 0 Å². The quantitative estimate of drug-likeness (QED) is 0.554. The highest BCUT2D eigenvalue weighted by atomic mass is 15.0. The Morgan fingerprint density at radius 1 is 1.20 bits per heavy atom. The lowest BCUT2D eigenvalue weighted by atomic mass is 9.96. The summed E-state index contributed by atoms with van der Waals surface area (Å²) in [6.45, 7) is 2.02. The van der Waals surface area contributed by atoms with E-state index >= 15 is 0 Å². The number of hydrogen-bond donors (Lipinski definition) is 0. The summed E-state index contributed by atoms with van der Waals surface area (Å²) < 4.78 is 0. The van der Waals surface area contributed by atoms with Gasteiger partial charge < -0.3 is 4.81 Å². The Hall–Kier alpha value is -0.915. The van der Waals surface area contributed by atoms with E-state index < -0.39 is 0 Å². The Balaban J connectivity index is 2.75. The zero-order chi connectivity index (χ0) is 7.40. The minimum Gasteiger partial charge on any atom is -0.422 e. The third-order valence-electron chi connectivity index (χ3n) is 1.55. The van der Waals surface area contributed by atoms with Crippen molar-refractivity contribution in [2.45, 2.75) is 6.82 Å². The first-order valence-electron chi connectivity index (χ1n) is 3.42. The van der Waals surface area contributed by atoms with Crippen molar-refractivity contribution in [1.29, 1.82) is 0 Å². The van der Waals surface area contributed by atoms with E-state index in [0.717, 1.165) is 0 Å². The van der Waals surface area contributed by atoms with E-state index in [4.69, 9.17) is 0 Å². The summed E-state index contributed by atoms with van der Waals surface area (Å²) in [6.07, 6.45) is 0. The van der Waals surface area contributed by atoms with Crippen molar-refractivity contribution in [1.82, 2.24) is 0 Å². The average Bonchev–Trinajstić information content (AvgIpc) is 2.05. The van der Waals surface area contributed by atoms with Crippen LogP contribution in [0.1, 0.15) is 0 Å². The Morgan fingerprint density at radius 3 is 2.30 bits per heavy atom. The lowest BCUT2D eigenvalue weighted by molar-refractivity contribution is 1.32. The second kappa shape index (κ2) is 3.30. The molecule has 2 heteroatoms. The molecule has 0 aliphatic carbocycles. The SMILES string of the molecule is C[B]N(C)c1ccccc1. The van der Waals surface area contributed by atoms with E-state index in [2.05, 4.69) is 16.9 Å². The van der Waals surface area contributed by atoms with Crippen molar-refractivity contribution in [3.63, 3.8) is 0 Å². The molecule has 0 spiro atoms. The van der Waals surface area contributed by atoms with Gasteiger partial charge in [0.15, 0.2) is 0 Å². The number of rotatable bonds is 2. The number of nitrogens with zero attached hydrogens (tertiary/aromatic N) is 1. The highest BCUT2D eigenvalue weighted by Crippen LogP contribution is 2.08. The van der Waals surface area contributed by atoms with E-state index in [1.807, 2.05) is 39.5 Å². The summed E-state index contributed by atoms with van der Waals surface area (Å²) in [5.41, 5.74) is 1.23. The van der Waals surface area contributed by atoms with Crippen LogP contribution in [0.2, 0.25) is 6.82 Å². The minimum absolute atomic E-state index is 1.23. The monoisotopic (exact) mass is 132 g/mol. The Labute approximate surface area is 62.9 Å². The summed E-state index contributed by atoms with van der Waals surface area (Å²) in [5.74, 6) is 0. The van der Waals surface area contributed by atoms with Crippen LogP contribution in [0.3, 0.4) is 0 Å². The molecule has 1 nitrogen and oxygen atoms in total. The Morgan fingerprint density at radius 2 is 1.80 bits per heavy atom. The predicted octanol–water partition coefficient (Wildman–Crippen LogP) is 1.79. The summed E-state index contributed by atoms with van der Waals surface area (Å²) in [5, 5.41) is 0. The smallest absolute Gasteiger partial charge is 0.242 e. The molecule has 1 aromatic rings. The van der Waals surface area contributed by atoms with Gasteiger partial charge in [0.05, 0.1) is 0 Å². The molecule has 0 N–H and O–H groups in total. The maximum absolute atomic E-state index is 2.08. The van der Waals surface area contributed by atoms with Crippen LogP contribution in [0.15, 0.2) is 30.3 Å². The van der Waals surface area contributed by atoms with Gasteiger partial charge in [-0.25, -0.2) is 0 Å². The van der Waals surface area contributed by atoms with Crippen LogP contribution in [-0.4, -0.2) is 14.5 Å². The molecular weight excluding hydrogens is 121 g/mol. The van der Waals surface area contributed by atoms with Crippen LogP contribution in [0.5, 0.6) is 0 Å². The molecule has 0 heterocycles. The molecule has 1 aromatic carbocycles. The summed E-state index contributed by atoms with van der Waals surface area (Å²) >= 11 is 0. The summed E-state index contributed by atoms with van der Waals surface area (Å²) in [4.78, 5) is 2.08. The zero-order valence-corrected chi connectivity index (χ0v) is 6.41. The van der Waals surface area contributed by atoms with Crippen LogP contribution in [0, 0.1) is 0 Å². The average molecular weight is 132 g/mol. The van der Waals surface area contributed by atoms with Crippen LogP contribution < -0.4 is 4.81 Å². The van der Waals surface area contributed by atoms with Crippen molar-refractivity contribution in [2.24, 2.45) is 0 Å². The molecule has 0 saturated heterocycles. The lowest BCUT2D eigenvalue weighted by Crippen LogP contribution is -2.18. The van der Waals surface area contributed by atoms with E-state index in [-0.39, 0.29) is 0 Å². The molecule has 10 heavy (non-hydrogen) atoms. The van der Waals surface area contributed by atoms with Crippen molar-refractivity contribution in [3.05, 3.63) is 30.3 Å². The van der Waals surface area contributed by atoms with Crippen molar-refractivity contribution < 1.29 is 0 Å². The first-order valence-corrected chi connectivity index (χ1v) is 3.42. The van der Waals surface area contributed by atoms with Crippen LogP contribution in [-0.2, 0) is 0 Å². The molecule has 0 bridgehead atoms. The van der Waals surface area contributed by atoms with E-state index in [0.29, 0.717) is 0 Å². The van der Waals surface area contributed by atoms with Gasteiger partial charge in [0.2, 0.25) is 7.41 Å². The Bertz CT molecular complexity index is 186. The van der Waals surface area contributed by atoms with Crippen LogP contribution in [0.25, 0.3) is 0 Å². The topological polar surface area (TPSA) is 3.24 Å². The third kappa shape index (κ3) is 1.53. The highest BCUT2D eigenvalue weighted by Gasteiger charge is 1.94. The van der Waals surface area contributed by atoms with Crippen LogP contribution in [0.4, 0.5) is 5.69 Å². The number of hydrogen-bond acceptors (Lipinski definition) is 1. The number of para-hydroxylation sites is 1. The molecule has 0 amide bonds. The van der Waals surface area contributed by atoms with Gasteiger partial charge in [0.1, 0.15) is 0 Å². The normalized spacial score (nSPS) is 9.00. The molecule has 0 aromatic heterocycles. The highest BCUT2D eigenvalue weighted by molar-refractivity contribution is 6.39. The molecule has 0 unspecified atom stereocenters. The Kier molecular flexibility index (Phi) is 2.38. The van der Waals surface area contributed by atoms with E-state index in [1.165, 1.54) is 5.69 Å². The lowest BCUT2D eigenvalue weighted by Gasteiger charge is -2.15. The fourth-order valence-corrected chi connectivity index (χ4v) is 0.812. The van der Waals surface area contributed by atoms with E-state index in [1.54, 1.807) is 0 Å². The van der Waals surface area contributed by atoms with Gasteiger partial charge in [-0.1, -0.05) is 25.0 Å². The van der Waals surface area contributed by atoms with Crippen LogP contribution >= 0.6 is 0 Å². The third-order valence-corrected chi connectivity index (χ3v) is 1.55. The molecule has 0 saturated carbocycles. The molecule has 0 aliphatic heterocycles. The zero-order valence-electron chi connectivity index (χ0n) is 6.41. The first-order chi connectivity index (χ1) is 4.84. The predicted molar refractivity (Wildman–Crippen MR) is 46.5 cm³/mol. The second-order valence-electron chi connectivity index (χ2n) is 2.20. The van der Waals surface area contributed by atoms with Crippen molar-refractivity contribution in [2.75, 3.05) is 11.9 Å². The second-order valence-corrected chi connectivity index (χ2v) is 2.20. The molecule has 0 atom stereocenters. The maximum atomic E-state index is 2.08. The molecule has 1 rings (SSSR count). The van der Waals surface area contributed by atoms with Crippen molar-refractivity contribution >= 4 is 13.1 Å². The van der Waals surface area contributed by atoms with Gasteiger partial charge in [-0.2, -0.15) is 0 Å². The molecule has 51 valence electrons. The largest absolute Gasteiger partial charge is 0.422 e. The molecular formula is C8H11BN. The molecule has 1 radical (unpaired) electrons. The number of benzene rings is 1. The van der Waals surface area contributed by atoms with Gasteiger partial charge in [0, 0.05) is 5.69 Å². The van der Waals surface area contributed by atoms with Gasteiger partial charge in [-0.15, -0.1) is 0 Å². The van der Waals surface area contributed by atoms with Gasteiger partial charge >= 0.3 is 0 Å². The maximum Gasteiger partial charge on any atom is 0.242 e. The summed E-state index contributed by atoms with van der Waals surface area (Å²) in [7, 11) is 4.07. The standard InChI is InChI=1S/C8H11BN/c1-9-10(2)8-6-4-3-5-7-8/h3-7H,1-2H3. The fourth-order valence-electron chi connectivity index (χ4n) is 0.812. The first kappa shape index (κ1) is 7.20. The fraction of sp³-hybridized carbons (Fsp3) is 0.250. The molecule has 0 fully saturated rings. The van der Waals surface area contributed by atoms with Gasteiger partial charge in [-0.05, 0) is 19.2 Å². The van der Waals surface area contributed by atoms with Gasteiger partial charge in [-0.3, -0.25) is 0 Å². The molecule has 0 aliphatic rings.